The lowest BCUT2D eigenvalue weighted by molar-refractivity contribution is -0.111. The van der Waals surface area contributed by atoms with E-state index in [2.05, 4.69) is 23.3 Å². The second-order valence-corrected chi connectivity index (χ2v) is 7.53. The van der Waals surface area contributed by atoms with Crippen molar-refractivity contribution in [1.82, 2.24) is 4.98 Å². The molecule has 0 atom stereocenters. The first kappa shape index (κ1) is 19.9. The normalized spacial score (nSPS) is 14.1. The number of halogens is 1. The minimum Gasteiger partial charge on any atom is -0.445 e. The molecule has 30 heavy (non-hydrogen) atoms. The minimum absolute atomic E-state index is 0.207. The third kappa shape index (κ3) is 4.61. The Balaban J connectivity index is 1.46. The third-order valence-electron chi connectivity index (χ3n) is 5.04. The SMILES string of the molecule is CC1=C(c2ccc(NC(=O)/C=C/c3ccccc3Cl)cc2)C=C(c2ncco2)CC1. The molecule has 1 heterocycles. The van der Waals surface area contributed by atoms with Crippen molar-refractivity contribution < 1.29 is 9.21 Å². The van der Waals surface area contributed by atoms with Crippen LogP contribution in [0.25, 0.3) is 17.2 Å². The van der Waals surface area contributed by atoms with Crippen LogP contribution in [0, 0.1) is 0 Å². The largest absolute Gasteiger partial charge is 0.445 e. The molecule has 1 aliphatic rings. The zero-order chi connectivity index (χ0) is 20.9. The van der Waals surface area contributed by atoms with Crippen molar-refractivity contribution >= 4 is 40.4 Å². The monoisotopic (exact) mass is 416 g/mol. The van der Waals surface area contributed by atoms with Gasteiger partial charge >= 0.3 is 0 Å². The van der Waals surface area contributed by atoms with Gasteiger partial charge in [0, 0.05) is 22.4 Å². The van der Waals surface area contributed by atoms with E-state index in [0.717, 1.165) is 35.2 Å². The predicted molar refractivity (Wildman–Crippen MR) is 122 cm³/mol. The second kappa shape index (κ2) is 8.97. The fraction of sp³-hybridized carbons (Fsp3) is 0.120. The molecular weight excluding hydrogens is 396 g/mol. The van der Waals surface area contributed by atoms with Crippen LogP contribution in [0.5, 0.6) is 0 Å². The number of carbonyl (C=O) groups is 1. The van der Waals surface area contributed by atoms with E-state index in [9.17, 15) is 4.79 Å². The van der Waals surface area contributed by atoms with Gasteiger partial charge in [-0.2, -0.15) is 0 Å². The van der Waals surface area contributed by atoms with Gasteiger partial charge < -0.3 is 9.73 Å². The summed E-state index contributed by atoms with van der Waals surface area (Å²) in [6.07, 6.45) is 10.5. The number of hydrogen-bond donors (Lipinski definition) is 1. The Morgan fingerprint density at radius 2 is 1.93 bits per heavy atom. The molecule has 0 saturated heterocycles. The highest BCUT2D eigenvalue weighted by Gasteiger charge is 2.16. The van der Waals surface area contributed by atoms with Crippen LogP contribution in [-0.2, 0) is 4.79 Å². The van der Waals surface area contributed by atoms with Gasteiger partial charge in [0.25, 0.3) is 0 Å². The molecule has 0 unspecified atom stereocenters. The van der Waals surface area contributed by atoms with Gasteiger partial charge in [0.05, 0.1) is 6.20 Å². The Hall–Kier alpha value is -3.37. The van der Waals surface area contributed by atoms with Crippen molar-refractivity contribution in [3.8, 4) is 0 Å². The maximum atomic E-state index is 12.2. The van der Waals surface area contributed by atoms with Crippen LogP contribution in [0.2, 0.25) is 5.02 Å². The van der Waals surface area contributed by atoms with Gasteiger partial charge in [-0.1, -0.05) is 47.5 Å². The number of anilines is 1. The lowest BCUT2D eigenvalue weighted by Crippen LogP contribution is -2.07. The van der Waals surface area contributed by atoms with E-state index < -0.39 is 0 Å². The molecule has 1 aromatic heterocycles. The molecule has 4 rings (SSSR count). The summed E-state index contributed by atoms with van der Waals surface area (Å²) in [5, 5.41) is 3.49. The standard InChI is InChI=1S/C25H21ClN2O2/c1-17-6-7-20(25-27-14-15-30-25)16-22(17)18-8-11-21(12-9-18)28-24(29)13-10-19-4-2-3-5-23(19)26/h2-5,8-16H,6-7H2,1H3,(H,28,29)/b13-10+. The van der Waals surface area contributed by atoms with E-state index in [-0.39, 0.29) is 5.91 Å². The third-order valence-corrected chi connectivity index (χ3v) is 5.38. The van der Waals surface area contributed by atoms with Crippen molar-refractivity contribution in [3.63, 3.8) is 0 Å². The summed E-state index contributed by atoms with van der Waals surface area (Å²) in [6, 6.07) is 15.2. The first-order chi connectivity index (χ1) is 14.6. The molecule has 1 aliphatic carbocycles. The van der Waals surface area contributed by atoms with E-state index in [0.29, 0.717) is 10.9 Å². The van der Waals surface area contributed by atoms with Crippen molar-refractivity contribution in [2.24, 2.45) is 0 Å². The van der Waals surface area contributed by atoms with Crippen LogP contribution < -0.4 is 5.32 Å². The molecule has 0 aliphatic heterocycles. The van der Waals surface area contributed by atoms with Gasteiger partial charge in [-0.25, -0.2) is 4.98 Å². The van der Waals surface area contributed by atoms with Crippen molar-refractivity contribution in [3.05, 3.63) is 101 Å². The first-order valence-electron chi connectivity index (χ1n) is 9.74. The Kier molecular flexibility index (Phi) is 5.96. The van der Waals surface area contributed by atoms with Crippen LogP contribution >= 0.6 is 11.6 Å². The van der Waals surface area contributed by atoms with Gasteiger partial charge in [-0.3, -0.25) is 4.79 Å². The van der Waals surface area contributed by atoms with Gasteiger partial charge in [-0.15, -0.1) is 0 Å². The lowest BCUT2D eigenvalue weighted by atomic mass is 9.89. The number of benzene rings is 2. The van der Waals surface area contributed by atoms with Crippen molar-refractivity contribution in [2.75, 3.05) is 5.32 Å². The Bertz CT molecular complexity index is 1140. The number of rotatable bonds is 5. The molecule has 0 bridgehead atoms. The van der Waals surface area contributed by atoms with E-state index in [4.69, 9.17) is 16.0 Å². The molecule has 3 aromatic rings. The number of oxazole rings is 1. The summed E-state index contributed by atoms with van der Waals surface area (Å²) < 4.78 is 5.45. The Morgan fingerprint density at radius 3 is 2.67 bits per heavy atom. The number of nitrogens with zero attached hydrogens (tertiary/aromatic N) is 1. The summed E-state index contributed by atoms with van der Waals surface area (Å²) in [4.78, 5) is 16.5. The maximum absolute atomic E-state index is 12.2. The average Bonchev–Trinajstić information content (AvgIpc) is 3.29. The van der Waals surface area contributed by atoms with Crippen molar-refractivity contribution in [2.45, 2.75) is 19.8 Å². The first-order valence-corrected chi connectivity index (χ1v) is 10.1. The summed E-state index contributed by atoms with van der Waals surface area (Å²) in [6.45, 7) is 2.15. The average molecular weight is 417 g/mol. The highest BCUT2D eigenvalue weighted by atomic mass is 35.5. The predicted octanol–water partition coefficient (Wildman–Crippen LogP) is 6.63. The van der Waals surface area contributed by atoms with Crippen LogP contribution in [0.4, 0.5) is 5.69 Å². The van der Waals surface area contributed by atoms with Crippen molar-refractivity contribution in [1.29, 1.82) is 0 Å². The number of nitrogens with one attached hydrogen (secondary N) is 1. The van der Waals surface area contributed by atoms with Gasteiger partial charge in [0.1, 0.15) is 6.26 Å². The van der Waals surface area contributed by atoms with Gasteiger partial charge in [-0.05, 0) is 66.8 Å². The quantitative estimate of drug-likeness (QED) is 0.475. The maximum Gasteiger partial charge on any atom is 0.248 e. The molecule has 5 heteroatoms. The Labute approximate surface area is 180 Å². The molecule has 0 fully saturated rings. The smallest absolute Gasteiger partial charge is 0.248 e. The fourth-order valence-electron chi connectivity index (χ4n) is 3.40. The molecule has 0 radical (unpaired) electrons. The molecule has 2 aromatic carbocycles. The topological polar surface area (TPSA) is 55.1 Å². The molecule has 1 N–H and O–H groups in total. The highest BCUT2D eigenvalue weighted by molar-refractivity contribution is 6.32. The molecular formula is C25H21ClN2O2. The van der Waals surface area contributed by atoms with Crippen LogP contribution in [-0.4, -0.2) is 10.9 Å². The number of hydrogen-bond acceptors (Lipinski definition) is 3. The van der Waals surface area contributed by atoms with Gasteiger partial charge in [0.15, 0.2) is 0 Å². The zero-order valence-corrected chi connectivity index (χ0v) is 17.3. The van der Waals surface area contributed by atoms with E-state index in [1.807, 2.05) is 42.5 Å². The Morgan fingerprint density at radius 1 is 1.13 bits per heavy atom. The summed E-state index contributed by atoms with van der Waals surface area (Å²) in [7, 11) is 0. The number of aromatic nitrogens is 1. The fourth-order valence-corrected chi connectivity index (χ4v) is 3.60. The van der Waals surface area contributed by atoms with Crippen LogP contribution in [0.15, 0.2) is 83.1 Å². The minimum atomic E-state index is -0.207. The molecule has 0 saturated carbocycles. The summed E-state index contributed by atoms with van der Waals surface area (Å²) in [5.74, 6) is 0.469. The van der Waals surface area contributed by atoms with E-state index >= 15 is 0 Å². The number of amides is 1. The zero-order valence-electron chi connectivity index (χ0n) is 16.6. The second-order valence-electron chi connectivity index (χ2n) is 7.12. The summed E-state index contributed by atoms with van der Waals surface area (Å²) in [5.41, 5.74) is 6.23. The highest BCUT2D eigenvalue weighted by Crippen LogP contribution is 2.34. The van der Waals surface area contributed by atoms with E-state index in [1.54, 1.807) is 24.6 Å². The molecule has 1 amide bonds. The molecule has 4 nitrogen and oxygen atoms in total. The van der Waals surface area contributed by atoms with Gasteiger partial charge in [0.2, 0.25) is 11.8 Å². The van der Waals surface area contributed by atoms with Crippen LogP contribution in [0.1, 0.15) is 36.8 Å². The lowest BCUT2D eigenvalue weighted by Gasteiger charge is -2.17. The van der Waals surface area contributed by atoms with E-state index in [1.165, 1.54) is 17.2 Å². The molecule has 150 valence electrons. The molecule has 0 spiro atoms. The number of allylic oxidation sites excluding steroid dienone is 4. The summed E-state index contributed by atoms with van der Waals surface area (Å²) >= 11 is 6.11. The number of carbonyl (C=O) groups excluding carboxylic acids is 1. The van der Waals surface area contributed by atoms with Crippen LogP contribution in [0.3, 0.4) is 0 Å².